The zero-order valence-electron chi connectivity index (χ0n) is 13.5. The van der Waals surface area contributed by atoms with Gasteiger partial charge in [0.15, 0.2) is 0 Å². The van der Waals surface area contributed by atoms with Crippen molar-refractivity contribution < 1.29 is 14.2 Å². The van der Waals surface area contributed by atoms with Crippen LogP contribution in [0.25, 0.3) is 0 Å². The molecule has 1 saturated carbocycles. The zero-order chi connectivity index (χ0) is 15.4. The van der Waals surface area contributed by atoms with Crippen molar-refractivity contribution in [3.8, 4) is 6.07 Å². The van der Waals surface area contributed by atoms with Crippen LogP contribution in [0.2, 0.25) is 0 Å². The Morgan fingerprint density at radius 2 is 1.71 bits per heavy atom. The molecule has 0 radical (unpaired) electrons. The van der Waals surface area contributed by atoms with Crippen molar-refractivity contribution in [2.45, 2.75) is 57.0 Å². The Hall–Kier alpha value is -0.670. The highest BCUT2D eigenvalue weighted by molar-refractivity contribution is 5.06. The molecule has 122 valence electrons. The summed E-state index contributed by atoms with van der Waals surface area (Å²) in [4.78, 5) is 0. The average Bonchev–Trinajstić information content (AvgIpc) is 3.28. The highest BCUT2D eigenvalue weighted by Gasteiger charge is 2.31. The van der Waals surface area contributed by atoms with Crippen molar-refractivity contribution in [1.29, 1.82) is 5.26 Å². The average molecular weight is 298 g/mol. The molecule has 0 spiro atoms. The van der Waals surface area contributed by atoms with Crippen molar-refractivity contribution in [3.63, 3.8) is 0 Å². The molecule has 1 fully saturated rings. The van der Waals surface area contributed by atoms with E-state index in [4.69, 9.17) is 14.2 Å². The smallest absolute Gasteiger partial charge is 0.104 e. The van der Waals surface area contributed by atoms with Gasteiger partial charge in [-0.05, 0) is 45.4 Å². The van der Waals surface area contributed by atoms with Crippen LogP contribution in [0.4, 0.5) is 0 Å². The second-order valence-corrected chi connectivity index (χ2v) is 5.89. The minimum Gasteiger partial charge on any atom is -0.382 e. The molecular formula is C16H30N2O3. The second kappa shape index (κ2) is 11.0. The van der Waals surface area contributed by atoms with Crippen LogP contribution in [-0.2, 0) is 14.2 Å². The van der Waals surface area contributed by atoms with Crippen LogP contribution < -0.4 is 5.32 Å². The first kappa shape index (κ1) is 18.4. The molecule has 1 N–H and O–H groups in total. The largest absolute Gasteiger partial charge is 0.382 e. The summed E-state index contributed by atoms with van der Waals surface area (Å²) in [6, 6.07) is 2.98. The van der Waals surface area contributed by atoms with E-state index in [1.54, 1.807) is 7.11 Å². The summed E-state index contributed by atoms with van der Waals surface area (Å²) in [5.41, 5.74) is -0.365. The maximum Gasteiger partial charge on any atom is 0.104 e. The Morgan fingerprint density at radius 1 is 1.05 bits per heavy atom. The minimum atomic E-state index is -0.365. The minimum absolute atomic E-state index is 0.365. The molecule has 0 aromatic carbocycles. The maximum atomic E-state index is 9.26. The fourth-order valence-corrected chi connectivity index (χ4v) is 2.13. The number of unbranched alkanes of at least 4 members (excludes halogenated alkanes) is 1. The molecule has 0 aromatic rings. The standard InChI is InChI=1S/C16H30N2O3/c1-16(14-17,18-15-6-7-15)8-3-4-9-20-10-5-11-21-13-12-19-2/h15,18H,3-13H2,1-2H3. The van der Waals surface area contributed by atoms with Crippen LogP contribution in [0.15, 0.2) is 0 Å². The third kappa shape index (κ3) is 9.81. The van der Waals surface area contributed by atoms with Gasteiger partial charge in [-0.15, -0.1) is 0 Å². The fourth-order valence-electron chi connectivity index (χ4n) is 2.13. The van der Waals surface area contributed by atoms with Gasteiger partial charge in [0, 0.05) is 33.0 Å². The number of ether oxygens (including phenoxy) is 3. The van der Waals surface area contributed by atoms with E-state index < -0.39 is 0 Å². The van der Waals surface area contributed by atoms with Gasteiger partial charge in [0.05, 0.1) is 19.3 Å². The first-order valence-corrected chi connectivity index (χ1v) is 8.03. The van der Waals surface area contributed by atoms with Crippen LogP contribution >= 0.6 is 0 Å². The molecule has 1 rings (SSSR count). The van der Waals surface area contributed by atoms with Gasteiger partial charge in [0.1, 0.15) is 5.54 Å². The molecule has 0 aromatic heterocycles. The number of hydrogen-bond acceptors (Lipinski definition) is 5. The van der Waals surface area contributed by atoms with Crippen molar-refractivity contribution in [3.05, 3.63) is 0 Å². The molecule has 0 heterocycles. The van der Waals surface area contributed by atoms with Gasteiger partial charge in [-0.25, -0.2) is 0 Å². The Morgan fingerprint density at radius 3 is 2.33 bits per heavy atom. The Kier molecular flexibility index (Phi) is 9.60. The number of rotatable bonds is 14. The predicted octanol–water partition coefficient (Wildman–Crippen LogP) is 2.26. The first-order valence-electron chi connectivity index (χ1n) is 8.03. The SMILES string of the molecule is COCCOCCCOCCCCC(C)(C#N)NC1CC1. The van der Waals surface area contributed by atoms with Gasteiger partial charge >= 0.3 is 0 Å². The molecule has 1 unspecified atom stereocenters. The van der Waals surface area contributed by atoms with E-state index in [1.807, 2.05) is 6.92 Å². The van der Waals surface area contributed by atoms with Crippen molar-refractivity contribution in [2.24, 2.45) is 0 Å². The molecule has 1 atom stereocenters. The fraction of sp³-hybridized carbons (Fsp3) is 0.938. The summed E-state index contributed by atoms with van der Waals surface area (Å²) in [5, 5.41) is 12.7. The lowest BCUT2D eigenvalue weighted by atomic mass is 9.96. The summed E-state index contributed by atoms with van der Waals surface area (Å²) in [7, 11) is 1.67. The van der Waals surface area contributed by atoms with Gasteiger partial charge in [-0.1, -0.05) is 0 Å². The molecule has 0 aliphatic heterocycles. The van der Waals surface area contributed by atoms with Crippen LogP contribution in [-0.4, -0.2) is 51.7 Å². The molecule has 0 saturated heterocycles. The quantitative estimate of drug-likeness (QED) is 0.498. The molecule has 1 aliphatic rings. The van der Waals surface area contributed by atoms with Crippen molar-refractivity contribution >= 4 is 0 Å². The monoisotopic (exact) mass is 298 g/mol. The second-order valence-electron chi connectivity index (χ2n) is 5.89. The summed E-state index contributed by atoms with van der Waals surface area (Å²) in [5.74, 6) is 0. The summed E-state index contributed by atoms with van der Waals surface area (Å²) in [6.45, 7) is 5.53. The normalized spacial score (nSPS) is 17.4. The van der Waals surface area contributed by atoms with E-state index in [-0.39, 0.29) is 5.54 Å². The first-order chi connectivity index (χ1) is 10.2. The highest BCUT2D eigenvalue weighted by atomic mass is 16.5. The van der Waals surface area contributed by atoms with Crippen molar-refractivity contribution in [2.75, 3.05) is 40.1 Å². The topological polar surface area (TPSA) is 63.5 Å². The van der Waals surface area contributed by atoms with Gasteiger partial charge in [-0.2, -0.15) is 5.26 Å². The molecule has 5 nitrogen and oxygen atoms in total. The van der Waals surface area contributed by atoms with Crippen LogP contribution in [0.5, 0.6) is 0 Å². The molecule has 1 aliphatic carbocycles. The lowest BCUT2D eigenvalue weighted by Gasteiger charge is -2.23. The summed E-state index contributed by atoms with van der Waals surface area (Å²) < 4.78 is 15.8. The van der Waals surface area contributed by atoms with Gasteiger partial charge in [-0.3, -0.25) is 5.32 Å². The highest BCUT2D eigenvalue weighted by Crippen LogP contribution is 2.24. The van der Waals surface area contributed by atoms with Crippen LogP contribution in [0, 0.1) is 11.3 Å². The Labute approximate surface area is 128 Å². The lowest BCUT2D eigenvalue weighted by Crippen LogP contribution is -2.42. The number of nitrogens with zero attached hydrogens (tertiary/aromatic N) is 1. The summed E-state index contributed by atoms with van der Waals surface area (Å²) >= 11 is 0. The van der Waals surface area contributed by atoms with E-state index >= 15 is 0 Å². The van der Waals surface area contributed by atoms with E-state index in [0.29, 0.717) is 19.3 Å². The third-order valence-corrected chi connectivity index (χ3v) is 3.57. The summed E-state index contributed by atoms with van der Waals surface area (Å²) in [6.07, 6.45) is 6.27. The number of methoxy groups -OCH3 is 1. The molecule has 5 heteroatoms. The van der Waals surface area contributed by atoms with Crippen LogP contribution in [0.3, 0.4) is 0 Å². The third-order valence-electron chi connectivity index (χ3n) is 3.57. The number of nitriles is 1. The van der Waals surface area contributed by atoms with E-state index in [1.165, 1.54) is 12.8 Å². The van der Waals surface area contributed by atoms with E-state index in [2.05, 4.69) is 11.4 Å². The number of hydrogen-bond donors (Lipinski definition) is 1. The molecule has 0 amide bonds. The molecular weight excluding hydrogens is 268 g/mol. The van der Waals surface area contributed by atoms with Gasteiger partial charge < -0.3 is 14.2 Å². The number of nitrogens with one attached hydrogen (secondary N) is 1. The van der Waals surface area contributed by atoms with E-state index in [0.717, 1.165) is 45.5 Å². The maximum absolute atomic E-state index is 9.26. The predicted molar refractivity (Wildman–Crippen MR) is 82.2 cm³/mol. The Balaban J connectivity index is 1.86. The Bertz CT molecular complexity index is 302. The van der Waals surface area contributed by atoms with Gasteiger partial charge in [0.25, 0.3) is 0 Å². The van der Waals surface area contributed by atoms with Crippen LogP contribution in [0.1, 0.15) is 45.4 Å². The molecule has 0 bridgehead atoms. The zero-order valence-corrected chi connectivity index (χ0v) is 13.5. The van der Waals surface area contributed by atoms with Crippen molar-refractivity contribution in [1.82, 2.24) is 5.32 Å². The van der Waals surface area contributed by atoms with E-state index in [9.17, 15) is 5.26 Å². The molecule has 21 heavy (non-hydrogen) atoms. The lowest BCUT2D eigenvalue weighted by molar-refractivity contribution is 0.0507. The van der Waals surface area contributed by atoms with Gasteiger partial charge in [0.2, 0.25) is 0 Å².